The van der Waals surface area contributed by atoms with Crippen LogP contribution < -0.4 is 15.4 Å². The molecule has 1 aromatic carbocycles. The van der Waals surface area contributed by atoms with Crippen molar-refractivity contribution in [3.05, 3.63) is 29.8 Å². The molecule has 2 heterocycles. The molecule has 2 aliphatic heterocycles. The van der Waals surface area contributed by atoms with Crippen LogP contribution in [0.25, 0.3) is 0 Å². The van der Waals surface area contributed by atoms with E-state index in [2.05, 4.69) is 10.6 Å². The van der Waals surface area contributed by atoms with E-state index < -0.39 is 11.6 Å². The topological polar surface area (TPSA) is 87.7 Å². The lowest BCUT2D eigenvalue weighted by atomic mass is 9.73. The van der Waals surface area contributed by atoms with Crippen LogP contribution in [-0.2, 0) is 9.59 Å². The van der Waals surface area contributed by atoms with Crippen LogP contribution in [0.15, 0.2) is 24.3 Å². The quantitative estimate of drug-likeness (QED) is 0.797. The van der Waals surface area contributed by atoms with Crippen molar-refractivity contribution >= 4 is 17.8 Å². The Morgan fingerprint density at radius 1 is 1.30 bits per heavy atom. The molecule has 0 radical (unpaired) electrons. The van der Waals surface area contributed by atoms with Crippen molar-refractivity contribution in [2.45, 2.75) is 50.6 Å². The second kappa shape index (κ2) is 6.87. The van der Waals surface area contributed by atoms with Crippen LogP contribution in [0.5, 0.6) is 5.75 Å². The largest absolute Gasteiger partial charge is 0.493 e. The smallest absolute Gasteiger partial charge is 0.325 e. The Morgan fingerprint density at radius 2 is 2.11 bits per heavy atom. The van der Waals surface area contributed by atoms with Crippen molar-refractivity contribution in [1.82, 2.24) is 15.5 Å². The van der Waals surface area contributed by atoms with Gasteiger partial charge in [-0.05, 0) is 24.8 Å². The van der Waals surface area contributed by atoms with Crippen molar-refractivity contribution in [2.75, 3.05) is 13.2 Å². The molecule has 3 atom stereocenters. The van der Waals surface area contributed by atoms with Crippen LogP contribution in [0.2, 0.25) is 0 Å². The second-order valence-corrected chi connectivity index (χ2v) is 7.73. The molecule has 7 nitrogen and oxygen atoms in total. The van der Waals surface area contributed by atoms with Crippen LogP contribution in [0.1, 0.15) is 50.6 Å². The summed E-state index contributed by atoms with van der Waals surface area (Å²) in [6.07, 6.45) is 4.18. The van der Waals surface area contributed by atoms with Crippen LogP contribution >= 0.6 is 0 Å². The van der Waals surface area contributed by atoms with Crippen LogP contribution in [0.3, 0.4) is 0 Å². The highest BCUT2D eigenvalue weighted by molar-refractivity contribution is 6.09. The van der Waals surface area contributed by atoms with E-state index in [1.165, 1.54) is 0 Å². The van der Waals surface area contributed by atoms with Crippen LogP contribution in [-0.4, -0.2) is 41.4 Å². The summed E-state index contributed by atoms with van der Waals surface area (Å²) in [6, 6.07) is 6.95. The number of ether oxygens (including phenoxy) is 1. The number of nitrogens with zero attached hydrogens (tertiary/aromatic N) is 1. The van der Waals surface area contributed by atoms with Gasteiger partial charge in [0.25, 0.3) is 5.91 Å². The SMILES string of the molecule is C[C@@H]1CCCC[C@@]12NC(=O)N(CC(=O)N[C@@H]1CCOc3ccccc31)C2=O. The first-order valence-corrected chi connectivity index (χ1v) is 9.66. The summed E-state index contributed by atoms with van der Waals surface area (Å²) in [5, 5.41) is 5.83. The van der Waals surface area contributed by atoms with Crippen molar-refractivity contribution in [3.8, 4) is 5.75 Å². The molecule has 1 saturated heterocycles. The number of urea groups is 1. The molecule has 2 fully saturated rings. The molecule has 0 aromatic heterocycles. The maximum atomic E-state index is 13.0. The minimum atomic E-state index is -0.832. The number of hydrogen-bond donors (Lipinski definition) is 2. The van der Waals surface area contributed by atoms with E-state index >= 15 is 0 Å². The summed E-state index contributed by atoms with van der Waals surface area (Å²) in [5.74, 6) is 0.250. The Hall–Kier alpha value is -2.57. The van der Waals surface area contributed by atoms with Gasteiger partial charge < -0.3 is 15.4 Å². The van der Waals surface area contributed by atoms with Gasteiger partial charge >= 0.3 is 6.03 Å². The number of imide groups is 1. The van der Waals surface area contributed by atoms with Crippen molar-refractivity contribution in [3.63, 3.8) is 0 Å². The number of carbonyl (C=O) groups is 3. The van der Waals surface area contributed by atoms with E-state index in [-0.39, 0.29) is 30.3 Å². The number of para-hydroxylation sites is 1. The van der Waals surface area contributed by atoms with Gasteiger partial charge in [-0.3, -0.25) is 14.5 Å². The minimum Gasteiger partial charge on any atom is -0.493 e. The Morgan fingerprint density at radius 3 is 2.93 bits per heavy atom. The predicted octanol–water partition coefficient (Wildman–Crippen LogP) is 2.13. The van der Waals surface area contributed by atoms with Crippen LogP contribution in [0, 0.1) is 5.92 Å². The number of nitrogens with one attached hydrogen (secondary N) is 2. The summed E-state index contributed by atoms with van der Waals surface area (Å²) >= 11 is 0. The average molecular weight is 371 g/mol. The number of carbonyl (C=O) groups excluding carboxylic acids is 3. The lowest BCUT2D eigenvalue weighted by Gasteiger charge is -2.36. The van der Waals surface area contributed by atoms with Gasteiger partial charge in [0.05, 0.1) is 12.6 Å². The van der Waals surface area contributed by atoms with E-state index in [1.807, 2.05) is 31.2 Å². The van der Waals surface area contributed by atoms with E-state index in [0.29, 0.717) is 19.4 Å². The van der Waals surface area contributed by atoms with Gasteiger partial charge in [-0.2, -0.15) is 0 Å². The third-order valence-electron chi connectivity index (χ3n) is 6.10. The zero-order valence-corrected chi connectivity index (χ0v) is 15.5. The number of benzene rings is 1. The monoisotopic (exact) mass is 371 g/mol. The number of fused-ring (bicyclic) bond motifs is 1. The first-order valence-electron chi connectivity index (χ1n) is 9.66. The Balaban J connectivity index is 1.44. The molecule has 4 rings (SSSR count). The van der Waals surface area contributed by atoms with Gasteiger partial charge in [0.2, 0.25) is 5.91 Å². The van der Waals surface area contributed by atoms with E-state index in [0.717, 1.165) is 35.5 Å². The third-order valence-corrected chi connectivity index (χ3v) is 6.10. The summed E-state index contributed by atoms with van der Waals surface area (Å²) in [7, 11) is 0. The lowest BCUT2D eigenvalue weighted by molar-refractivity contribution is -0.137. The van der Waals surface area contributed by atoms with Gasteiger partial charge in [-0.1, -0.05) is 38.0 Å². The first kappa shape index (κ1) is 17.8. The zero-order valence-electron chi connectivity index (χ0n) is 15.5. The number of amides is 4. The van der Waals surface area contributed by atoms with Gasteiger partial charge in [0, 0.05) is 12.0 Å². The summed E-state index contributed by atoms with van der Waals surface area (Å²) < 4.78 is 5.61. The van der Waals surface area contributed by atoms with Gasteiger partial charge in [0.1, 0.15) is 17.8 Å². The highest BCUT2D eigenvalue weighted by Crippen LogP contribution is 2.38. The van der Waals surface area contributed by atoms with E-state index in [9.17, 15) is 14.4 Å². The molecule has 27 heavy (non-hydrogen) atoms. The molecular weight excluding hydrogens is 346 g/mol. The van der Waals surface area contributed by atoms with Gasteiger partial charge in [-0.15, -0.1) is 0 Å². The number of hydrogen-bond acceptors (Lipinski definition) is 4. The molecule has 1 aromatic rings. The summed E-state index contributed by atoms with van der Waals surface area (Å²) in [6.45, 7) is 2.27. The molecule has 1 aliphatic carbocycles. The van der Waals surface area contributed by atoms with E-state index in [4.69, 9.17) is 4.74 Å². The van der Waals surface area contributed by atoms with Gasteiger partial charge in [-0.25, -0.2) is 4.79 Å². The molecular formula is C20H25N3O4. The Kier molecular flexibility index (Phi) is 4.53. The molecule has 1 spiro atoms. The molecule has 0 bridgehead atoms. The second-order valence-electron chi connectivity index (χ2n) is 7.73. The predicted molar refractivity (Wildman–Crippen MR) is 98.0 cm³/mol. The molecule has 4 amide bonds. The maximum absolute atomic E-state index is 13.0. The normalized spacial score (nSPS) is 29.9. The fourth-order valence-electron chi connectivity index (χ4n) is 4.51. The zero-order chi connectivity index (χ0) is 19.0. The van der Waals surface area contributed by atoms with Gasteiger partial charge in [0.15, 0.2) is 0 Å². The first-order chi connectivity index (χ1) is 13.0. The van der Waals surface area contributed by atoms with Crippen molar-refractivity contribution < 1.29 is 19.1 Å². The number of rotatable bonds is 3. The lowest BCUT2D eigenvalue weighted by Crippen LogP contribution is -2.54. The Bertz CT molecular complexity index is 780. The molecule has 7 heteroatoms. The minimum absolute atomic E-state index is 0.0816. The fourth-order valence-corrected chi connectivity index (χ4v) is 4.51. The van der Waals surface area contributed by atoms with Crippen molar-refractivity contribution in [1.29, 1.82) is 0 Å². The summed E-state index contributed by atoms with van der Waals surface area (Å²) in [4.78, 5) is 39.1. The Labute approximate surface area is 158 Å². The molecule has 1 saturated carbocycles. The molecule has 2 N–H and O–H groups in total. The average Bonchev–Trinajstić information content (AvgIpc) is 2.89. The molecule has 3 aliphatic rings. The molecule has 0 unspecified atom stereocenters. The highest BCUT2D eigenvalue weighted by Gasteiger charge is 2.55. The van der Waals surface area contributed by atoms with E-state index in [1.54, 1.807) is 0 Å². The standard InChI is InChI=1S/C20H25N3O4/c1-13-6-4-5-10-20(13)18(25)23(19(26)22-20)12-17(24)21-15-9-11-27-16-8-3-2-7-14(15)16/h2-3,7-8,13,15H,4-6,9-12H2,1H3,(H,21,24)(H,22,26)/t13-,15-,20-/m1/s1. The molecule has 144 valence electrons. The maximum Gasteiger partial charge on any atom is 0.325 e. The van der Waals surface area contributed by atoms with Crippen molar-refractivity contribution in [2.24, 2.45) is 5.92 Å². The van der Waals surface area contributed by atoms with Crippen LogP contribution in [0.4, 0.5) is 4.79 Å². The fraction of sp³-hybridized carbons (Fsp3) is 0.550. The third kappa shape index (κ3) is 3.05. The highest BCUT2D eigenvalue weighted by atomic mass is 16.5. The summed E-state index contributed by atoms with van der Waals surface area (Å²) in [5.41, 5.74) is 0.0904.